The number of carbonyl (C=O) groups is 4. The van der Waals surface area contributed by atoms with Crippen molar-refractivity contribution < 1.29 is 78.6 Å². The van der Waals surface area contributed by atoms with Gasteiger partial charge in [0.1, 0.15) is 12.0 Å². The number of benzene rings is 4. The summed E-state index contributed by atoms with van der Waals surface area (Å²) >= 11 is 0. The van der Waals surface area contributed by atoms with Crippen LogP contribution in [-0.4, -0.2) is 86.1 Å². The molecule has 0 aromatic heterocycles. The summed E-state index contributed by atoms with van der Waals surface area (Å²) in [5.74, 6) is -9.00. The topological polar surface area (TPSA) is 256 Å². The van der Waals surface area contributed by atoms with E-state index in [1.165, 1.54) is 54.6 Å². The van der Waals surface area contributed by atoms with Gasteiger partial charge in [0.2, 0.25) is 12.2 Å². The van der Waals surface area contributed by atoms with Gasteiger partial charge in [0.05, 0.1) is 14.2 Å². The van der Waals surface area contributed by atoms with Gasteiger partial charge in [-0.1, -0.05) is 24.3 Å². The summed E-state index contributed by atoms with van der Waals surface area (Å²) in [6, 6.07) is 13.6. The Morgan fingerprint density at radius 1 is 0.648 bits per heavy atom. The Morgan fingerprint density at radius 2 is 1.15 bits per heavy atom. The Bertz CT molecular complexity index is 2120. The zero-order chi connectivity index (χ0) is 39.3. The van der Waals surface area contributed by atoms with Crippen molar-refractivity contribution >= 4 is 30.0 Å². The van der Waals surface area contributed by atoms with Gasteiger partial charge in [-0.2, -0.15) is 0 Å². The van der Waals surface area contributed by atoms with Crippen molar-refractivity contribution in [2.75, 3.05) is 14.2 Å². The fourth-order valence-electron chi connectivity index (χ4n) is 5.74. The van der Waals surface area contributed by atoms with Crippen LogP contribution in [0, 0.1) is 0 Å². The fourth-order valence-corrected chi connectivity index (χ4v) is 5.74. The third-order valence-electron chi connectivity index (χ3n) is 8.42. The number of esters is 4. The lowest BCUT2D eigenvalue weighted by molar-refractivity contribution is -0.167. The summed E-state index contributed by atoms with van der Waals surface area (Å²) < 4.78 is 26.7. The molecule has 0 unspecified atom stereocenters. The number of rotatable bonds is 12. The molecule has 0 aliphatic carbocycles. The Morgan fingerprint density at radius 3 is 1.67 bits per heavy atom. The maximum Gasteiger partial charge on any atom is 0.347 e. The predicted octanol–water partition coefficient (Wildman–Crippen LogP) is 3.51. The summed E-state index contributed by atoms with van der Waals surface area (Å²) in [6.45, 7) is 0. The van der Waals surface area contributed by atoms with Crippen molar-refractivity contribution in [2.45, 2.75) is 37.1 Å². The van der Waals surface area contributed by atoms with Gasteiger partial charge >= 0.3 is 23.9 Å². The molecule has 5 rings (SSSR count). The lowest BCUT2D eigenvalue weighted by Crippen LogP contribution is -2.33. The largest absolute Gasteiger partial charge is 0.504 e. The molecule has 0 bridgehead atoms. The zero-order valence-electron chi connectivity index (χ0n) is 28.5. The standard InChI is InChI=1S/C38H34O16/c1-50-36(47)29(15-18-3-8-22(39)26(43)13-18)52-31(46)12-7-20-5-11-25(42)35-32(20)33(34(54-35)21-6-10-24(41)28(45)17-21)38(49)53-30(37(48)51-2)16-19-4-9-23(40)27(44)14-19/h3-14,17,29-30,33-34,39-45H,15-16H2,1-2H3/b12-7+/t29-,30+,33-,34+/m0/s1. The minimum Gasteiger partial charge on any atom is -0.504 e. The van der Waals surface area contributed by atoms with E-state index in [1.54, 1.807) is 0 Å². The van der Waals surface area contributed by atoms with E-state index in [0.717, 1.165) is 38.5 Å². The molecule has 54 heavy (non-hydrogen) atoms. The molecular weight excluding hydrogens is 712 g/mol. The lowest BCUT2D eigenvalue weighted by Gasteiger charge is -2.22. The average molecular weight is 747 g/mol. The third kappa shape index (κ3) is 8.33. The molecule has 16 heteroatoms. The minimum absolute atomic E-state index is 0.0170. The van der Waals surface area contributed by atoms with Crippen LogP contribution in [0.5, 0.6) is 46.0 Å². The highest BCUT2D eigenvalue weighted by Crippen LogP contribution is 2.53. The highest BCUT2D eigenvalue weighted by Gasteiger charge is 2.46. The zero-order valence-corrected chi connectivity index (χ0v) is 28.5. The van der Waals surface area contributed by atoms with Crippen molar-refractivity contribution in [3.63, 3.8) is 0 Å². The van der Waals surface area contributed by atoms with Crippen molar-refractivity contribution in [2.24, 2.45) is 0 Å². The number of aromatic hydroxyl groups is 7. The van der Waals surface area contributed by atoms with Crippen LogP contribution in [0.4, 0.5) is 0 Å². The summed E-state index contributed by atoms with van der Waals surface area (Å²) in [6.07, 6.45) is -2.82. The van der Waals surface area contributed by atoms with Gasteiger partial charge in [0, 0.05) is 24.5 Å². The van der Waals surface area contributed by atoms with Crippen molar-refractivity contribution in [3.8, 4) is 46.0 Å². The van der Waals surface area contributed by atoms with E-state index >= 15 is 0 Å². The first-order chi connectivity index (χ1) is 25.7. The molecule has 16 nitrogen and oxygen atoms in total. The van der Waals surface area contributed by atoms with Crippen LogP contribution in [0.1, 0.15) is 39.8 Å². The molecule has 7 N–H and O–H groups in total. The highest BCUT2D eigenvalue weighted by molar-refractivity contribution is 5.92. The Hall–Kier alpha value is -7.10. The first-order valence-corrected chi connectivity index (χ1v) is 16.0. The molecule has 1 heterocycles. The molecule has 4 aromatic carbocycles. The second-order valence-electron chi connectivity index (χ2n) is 12.0. The number of phenols is 7. The van der Waals surface area contributed by atoms with Gasteiger partial charge in [-0.15, -0.1) is 0 Å². The second kappa shape index (κ2) is 16.1. The van der Waals surface area contributed by atoms with Crippen molar-refractivity contribution in [1.29, 1.82) is 0 Å². The van der Waals surface area contributed by atoms with Gasteiger partial charge in [0.15, 0.2) is 46.0 Å². The highest BCUT2D eigenvalue weighted by atomic mass is 16.6. The van der Waals surface area contributed by atoms with E-state index in [2.05, 4.69) is 0 Å². The molecular formula is C38H34O16. The van der Waals surface area contributed by atoms with Crippen LogP contribution in [0.3, 0.4) is 0 Å². The number of phenolic OH excluding ortho intramolecular Hbond substituents is 7. The molecule has 4 aromatic rings. The fraction of sp³-hybridized carbons (Fsp3) is 0.211. The number of hydrogen-bond acceptors (Lipinski definition) is 16. The summed E-state index contributed by atoms with van der Waals surface area (Å²) in [5.41, 5.74) is 0.839. The molecule has 1 aliphatic rings. The molecule has 4 atom stereocenters. The van der Waals surface area contributed by atoms with Gasteiger partial charge in [-0.3, -0.25) is 4.79 Å². The molecule has 0 spiro atoms. The first-order valence-electron chi connectivity index (χ1n) is 16.0. The number of carbonyl (C=O) groups excluding carboxylic acids is 4. The first kappa shape index (κ1) is 38.1. The van der Waals surface area contributed by atoms with Gasteiger partial charge in [-0.05, 0) is 70.8 Å². The number of hydrogen-bond donors (Lipinski definition) is 7. The maximum absolute atomic E-state index is 14.2. The average Bonchev–Trinajstić information content (AvgIpc) is 3.56. The molecule has 1 aliphatic heterocycles. The lowest BCUT2D eigenvalue weighted by atomic mass is 9.87. The third-order valence-corrected chi connectivity index (χ3v) is 8.42. The van der Waals surface area contributed by atoms with Crippen LogP contribution >= 0.6 is 0 Å². The molecule has 0 amide bonds. The molecule has 0 fully saturated rings. The number of methoxy groups -OCH3 is 2. The van der Waals surface area contributed by atoms with Crippen LogP contribution in [0.25, 0.3) is 6.08 Å². The minimum atomic E-state index is -1.60. The summed E-state index contributed by atoms with van der Waals surface area (Å²) in [5, 5.41) is 70.2. The smallest absolute Gasteiger partial charge is 0.347 e. The van der Waals surface area contributed by atoms with Crippen molar-refractivity contribution in [3.05, 3.63) is 101 Å². The van der Waals surface area contributed by atoms with E-state index in [1.807, 2.05) is 0 Å². The monoisotopic (exact) mass is 746 g/mol. The summed E-state index contributed by atoms with van der Waals surface area (Å²) in [4.78, 5) is 52.5. The predicted molar refractivity (Wildman–Crippen MR) is 184 cm³/mol. The van der Waals surface area contributed by atoms with E-state index < -0.39 is 88.4 Å². The molecule has 0 saturated carbocycles. The normalized spacial score (nSPS) is 15.7. The van der Waals surface area contributed by atoms with Crippen molar-refractivity contribution in [1.82, 2.24) is 0 Å². The van der Waals surface area contributed by atoms with Crippen LogP contribution in [0.2, 0.25) is 0 Å². The second-order valence-corrected chi connectivity index (χ2v) is 12.0. The van der Waals surface area contributed by atoms with E-state index in [0.29, 0.717) is 5.56 Å². The Kier molecular flexibility index (Phi) is 11.3. The van der Waals surface area contributed by atoms with Gasteiger partial charge in [0.25, 0.3) is 0 Å². The summed E-state index contributed by atoms with van der Waals surface area (Å²) in [7, 11) is 2.14. The quantitative estimate of drug-likeness (QED) is 0.0474. The van der Waals surface area contributed by atoms with E-state index in [-0.39, 0.29) is 40.8 Å². The Labute approximate surface area is 306 Å². The molecule has 0 saturated heterocycles. The Balaban J connectivity index is 1.49. The van der Waals surface area contributed by atoms with Crippen LogP contribution in [0.15, 0.2) is 72.8 Å². The number of fused-ring (bicyclic) bond motifs is 1. The van der Waals surface area contributed by atoms with Gasteiger partial charge < -0.3 is 59.4 Å². The van der Waals surface area contributed by atoms with E-state index in [4.69, 9.17) is 23.7 Å². The SMILES string of the molecule is COC(=O)[C@H](Cc1ccc(O)c(O)c1)OC(=O)/C=C/c1ccc(O)c2c1[C@H](C(=O)O[C@H](Cc1ccc(O)c(O)c1)C(=O)OC)[C@@H](c1ccc(O)c(O)c1)O2. The number of ether oxygens (including phenoxy) is 5. The van der Waals surface area contributed by atoms with Crippen LogP contribution in [-0.2, 0) is 51.0 Å². The van der Waals surface area contributed by atoms with E-state index in [9.17, 15) is 54.9 Å². The molecule has 0 radical (unpaired) electrons. The van der Waals surface area contributed by atoms with Gasteiger partial charge in [-0.25, -0.2) is 14.4 Å². The van der Waals surface area contributed by atoms with Crippen LogP contribution < -0.4 is 4.74 Å². The molecule has 282 valence electrons. The maximum atomic E-state index is 14.2.